The number of para-hydroxylation sites is 1. The van der Waals surface area contributed by atoms with Crippen molar-refractivity contribution in [1.82, 2.24) is 24.5 Å². The van der Waals surface area contributed by atoms with Gasteiger partial charge in [0.1, 0.15) is 11.6 Å². The summed E-state index contributed by atoms with van der Waals surface area (Å²) in [7, 11) is -2.20. The molecule has 1 aliphatic rings. The van der Waals surface area contributed by atoms with Crippen molar-refractivity contribution in [2.45, 2.75) is 56.3 Å². The standard InChI is InChI=1S/C25H33N5O6S/c1-16(2)11-19(28-25(33)22-12-17-7-4-5-9-21(17)36-22)24(32)27-18-8-6-10-30(13-20(18)31)37(34,35)23-14-29(3)15-26-23/h4-5,7,9,12,14-16,18-20,31H,6,8,10-11,13H2,1-3H3,(H,27,32)(H,28,33)/t18?,19?,20-/m0/s1. The van der Waals surface area contributed by atoms with Gasteiger partial charge >= 0.3 is 0 Å². The number of carbonyl (C=O) groups excluding carboxylic acids is 2. The molecule has 200 valence electrons. The average Bonchev–Trinajstić information content (AvgIpc) is 3.43. The molecule has 4 rings (SSSR count). The first-order chi connectivity index (χ1) is 17.5. The number of rotatable bonds is 8. The van der Waals surface area contributed by atoms with Crippen LogP contribution in [0.5, 0.6) is 0 Å². The Morgan fingerprint density at radius 2 is 2.03 bits per heavy atom. The molecule has 1 aromatic carbocycles. The Balaban J connectivity index is 1.43. The molecule has 3 N–H and O–H groups in total. The number of β-amino-alcohol motifs (C(OH)–C–C–N with tert-alkyl or cyclic N) is 1. The summed E-state index contributed by atoms with van der Waals surface area (Å²) < 4.78 is 34.3. The Kier molecular flexibility index (Phi) is 8.00. The van der Waals surface area contributed by atoms with Crippen LogP contribution in [0, 0.1) is 5.92 Å². The highest BCUT2D eigenvalue weighted by Gasteiger charge is 2.35. The summed E-state index contributed by atoms with van der Waals surface area (Å²) >= 11 is 0. The molecule has 3 atom stereocenters. The third kappa shape index (κ3) is 6.20. The normalized spacial score (nSPS) is 20.0. The number of benzene rings is 1. The molecule has 11 nitrogen and oxygen atoms in total. The van der Waals surface area contributed by atoms with Crippen molar-refractivity contribution in [3.63, 3.8) is 0 Å². The van der Waals surface area contributed by atoms with Gasteiger partial charge in [0.2, 0.25) is 5.91 Å². The maximum atomic E-state index is 13.2. The zero-order valence-electron chi connectivity index (χ0n) is 21.1. The quantitative estimate of drug-likeness (QED) is 0.400. The van der Waals surface area contributed by atoms with Crippen LogP contribution in [0.2, 0.25) is 0 Å². The molecule has 37 heavy (non-hydrogen) atoms. The number of amides is 2. The molecule has 0 radical (unpaired) electrons. The van der Waals surface area contributed by atoms with Crippen molar-refractivity contribution in [2.75, 3.05) is 13.1 Å². The first-order valence-corrected chi connectivity index (χ1v) is 13.7. The van der Waals surface area contributed by atoms with Crippen molar-refractivity contribution < 1.29 is 27.5 Å². The summed E-state index contributed by atoms with van der Waals surface area (Å²) in [5, 5.41) is 17.1. The Hall–Kier alpha value is -3.22. The Bertz CT molecular complexity index is 1330. The first-order valence-electron chi connectivity index (χ1n) is 12.3. The molecular weight excluding hydrogens is 498 g/mol. The Morgan fingerprint density at radius 3 is 2.70 bits per heavy atom. The van der Waals surface area contributed by atoms with E-state index in [1.165, 1.54) is 16.8 Å². The van der Waals surface area contributed by atoms with Crippen LogP contribution in [0.4, 0.5) is 0 Å². The molecule has 3 heterocycles. The molecule has 0 saturated carbocycles. The molecule has 1 fully saturated rings. The number of aliphatic hydroxyl groups excluding tert-OH is 1. The second-order valence-corrected chi connectivity index (χ2v) is 11.8. The van der Waals surface area contributed by atoms with E-state index in [1.807, 2.05) is 32.0 Å². The summed E-state index contributed by atoms with van der Waals surface area (Å²) in [6.45, 7) is 3.90. The van der Waals surface area contributed by atoms with E-state index < -0.39 is 40.0 Å². The summed E-state index contributed by atoms with van der Waals surface area (Å²) in [5.74, 6) is -0.744. The molecule has 3 aromatic rings. The minimum Gasteiger partial charge on any atom is -0.451 e. The Morgan fingerprint density at radius 1 is 1.27 bits per heavy atom. The van der Waals surface area contributed by atoms with Gasteiger partial charge in [0.25, 0.3) is 15.9 Å². The lowest BCUT2D eigenvalue weighted by molar-refractivity contribution is -0.125. The monoisotopic (exact) mass is 531 g/mol. The summed E-state index contributed by atoms with van der Waals surface area (Å²) in [6, 6.07) is 7.34. The fraction of sp³-hybridized carbons (Fsp3) is 0.480. The van der Waals surface area contributed by atoms with Crippen LogP contribution in [0.15, 0.2) is 52.3 Å². The number of hydrogen-bond acceptors (Lipinski definition) is 7. The van der Waals surface area contributed by atoms with Gasteiger partial charge < -0.3 is 24.7 Å². The van der Waals surface area contributed by atoms with Gasteiger partial charge in [0.15, 0.2) is 10.8 Å². The van der Waals surface area contributed by atoms with Gasteiger partial charge in [-0.15, -0.1) is 0 Å². The van der Waals surface area contributed by atoms with Crippen LogP contribution in [0.3, 0.4) is 0 Å². The maximum absolute atomic E-state index is 13.2. The first kappa shape index (κ1) is 26.8. The maximum Gasteiger partial charge on any atom is 0.287 e. The molecule has 2 aromatic heterocycles. The van der Waals surface area contributed by atoms with Gasteiger partial charge in [-0.25, -0.2) is 13.4 Å². The van der Waals surface area contributed by atoms with E-state index in [2.05, 4.69) is 15.6 Å². The van der Waals surface area contributed by atoms with Crippen LogP contribution in [0.25, 0.3) is 11.0 Å². The third-order valence-corrected chi connectivity index (χ3v) is 8.12. The molecule has 1 aliphatic heterocycles. The van der Waals surface area contributed by atoms with E-state index in [1.54, 1.807) is 23.7 Å². The molecule has 0 spiro atoms. The SMILES string of the molecule is CC(C)CC(NC(=O)c1cc2ccccc2o1)C(=O)NC1CCCN(S(=O)(=O)c2cn(C)cn2)C[C@@H]1O. The fourth-order valence-corrected chi connectivity index (χ4v) is 5.92. The summed E-state index contributed by atoms with van der Waals surface area (Å²) in [6.07, 6.45) is 2.88. The van der Waals surface area contributed by atoms with Gasteiger partial charge in [-0.1, -0.05) is 32.0 Å². The minimum atomic E-state index is -3.88. The number of nitrogens with zero attached hydrogens (tertiary/aromatic N) is 3. The molecule has 12 heteroatoms. The molecule has 1 saturated heterocycles. The van der Waals surface area contributed by atoms with Gasteiger partial charge in [-0.05, 0) is 37.3 Å². The van der Waals surface area contributed by atoms with E-state index in [9.17, 15) is 23.1 Å². The highest BCUT2D eigenvalue weighted by molar-refractivity contribution is 7.89. The predicted molar refractivity (Wildman–Crippen MR) is 136 cm³/mol. The number of carbonyl (C=O) groups is 2. The Labute approximate surface area is 215 Å². The van der Waals surface area contributed by atoms with Crippen LogP contribution >= 0.6 is 0 Å². The minimum absolute atomic E-state index is 0.0880. The van der Waals surface area contributed by atoms with Crippen LogP contribution < -0.4 is 10.6 Å². The zero-order valence-corrected chi connectivity index (χ0v) is 21.9. The van der Waals surface area contributed by atoms with Crippen molar-refractivity contribution in [3.05, 3.63) is 48.6 Å². The lowest BCUT2D eigenvalue weighted by Gasteiger charge is -2.27. The second-order valence-electron chi connectivity index (χ2n) is 9.87. The largest absolute Gasteiger partial charge is 0.451 e. The van der Waals surface area contributed by atoms with Crippen LogP contribution in [-0.2, 0) is 21.9 Å². The van der Waals surface area contributed by atoms with Gasteiger partial charge in [-0.3, -0.25) is 9.59 Å². The van der Waals surface area contributed by atoms with E-state index in [4.69, 9.17) is 4.42 Å². The number of furan rings is 1. The third-order valence-electron chi connectivity index (χ3n) is 6.37. The number of sulfonamides is 1. The van der Waals surface area contributed by atoms with Crippen molar-refractivity contribution >= 4 is 32.8 Å². The van der Waals surface area contributed by atoms with Crippen LogP contribution in [0.1, 0.15) is 43.7 Å². The number of aliphatic hydroxyl groups is 1. The number of aromatic nitrogens is 2. The smallest absolute Gasteiger partial charge is 0.287 e. The number of aryl methyl sites for hydroxylation is 1. The van der Waals surface area contributed by atoms with Gasteiger partial charge in [-0.2, -0.15) is 4.31 Å². The molecule has 2 unspecified atom stereocenters. The number of imidazole rings is 1. The lowest BCUT2D eigenvalue weighted by Crippen LogP contribution is -2.54. The fourth-order valence-electron chi connectivity index (χ4n) is 4.46. The molecule has 2 amide bonds. The predicted octanol–water partition coefficient (Wildman–Crippen LogP) is 1.64. The van der Waals surface area contributed by atoms with E-state index >= 15 is 0 Å². The highest BCUT2D eigenvalue weighted by atomic mass is 32.2. The van der Waals surface area contributed by atoms with Crippen molar-refractivity contribution in [3.8, 4) is 0 Å². The van der Waals surface area contributed by atoms with Gasteiger partial charge in [0, 0.05) is 31.7 Å². The zero-order chi connectivity index (χ0) is 26.7. The molecule has 0 bridgehead atoms. The van der Waals surface area contributed by atoms with Crippen molar-refractivity contribution in [1.29, 1.82) is 0 Å². The lowest BCUT2D eigenvalue weighted by atomic mass is 10.0. The topological polar surface area (TPSA) is 147 Å². The highest BCUT2D eigenvalue weighted by Crippen LogP contribution is 2.21. The number of hydrogen-bond donors (Lipinski definition) is 3. The van der Waals surface area contributed by atoms with E-state index in [-0.39, 0.29) is 29.8 Å². The molecular formula is C25H33N5O6S. The second kappa shape index (κ2) is 11.0. The van der Waals surface area contributed by atoms with E-state index in [0.29, 0.717) is 24.8 Å². The van der Waals surface area contributed by atoms with Gasteiger partial charge in [0.05, 0.1) is 18.5 Å². The molecule has 0 aliphatic carbocycles. The van der Waals surface area contributed by atoms with Crippen molar-refractivity contribution in [2.24, 2.45) is 13.0 Å². The number of fused-ring (bicyclic) bond motifs is 1. The van der Waals surface area contributed by atoms with Crippen LogP contribution in [-0.4, -0.2) is 70.5 Å². The summed E-state index contributed by atoms with van der Waals surface area (Å²) in [4.78, 5) is 30.1. The number of nitrogens with one attached hydrogen (secondary N) is 2. The van der Waals surface area contributed by atoms with E-state index in [0.717, 1.165) is 5.39 Å². The average molecular weight is 532 g/mol. The summed E-state index contributed by atoms with van der Waals surface area (Å²) in [5.41, 5.74) is 0.573.